The van der Waals surface area contributed by atoms with Gasteiger partial charge in [-0.25, -0.2) is 0 Å². The molecule has 0 aromatic heterocycles. The molecule has 7 heteroatoms. The molecule has 1 atom stereocenters. The first-order valence-electron chi connectivity index (χ1n) is 9.81. The van der Waals surface area contributed by atoms with Crippen LogP contribution in [0.25, 0.3) is 0 Å². The van der Waals surface area contributed by atoms with Crippen LogP contribution in [0.5, 0.6) is 5.75 Å². The minimum atomic E-state index is -0.771. The molecule has 0 unspecified atom stereocenters. The van der Waals surface area contributed by atoms with Gasteiger partial charge in [0, 0.05) is 11.3 Å². The molecule has 2 aromatic carbocycles. The Morgan fingerprint density at radius 3 is 2.10 bits per heavy atom. The molecular formula is C23H29N3O4. The molecular weight excluding hydrogens is 382 g/mol. The van der Waals surface area contributed by atoms with Crippen LogP contribution in [-0.4, -0.2) is 37.4 Å². The Balaban J connectivity index is 1.96. The maximum Gasteiger partial charge on any atom is 0.251 e. The fourth-order valence-electron chi connectivity index (χ4n) is 2.97. The number of ether oxygens (including phenoxy) is 1. The standard InChI is InChI=1S/C23H29N3O4/c1-14(2)20(26-22(28)17-9-11-18(30-5)12-10-17)23(29)24-13-19(27)25-21-15(3)7-6-8-16(21)4/h6-12,14,20H,13H2,1-5H3,(H,24,29)(H,25,27)(H,26,28)/t20-/m0/s1. The summed E-state index contributed by atoms with van der Waals surface area (Å²) in [6.45, 7) is 7.29. The first-order valence-corrected chi connectivity index (χ1v) is 9.81. The molecule has 0 saturated heterocycles. The average Bonchev–Trinajstić information content (AvgIpc) is 2.72. The van der Waals surface area contributed by atoms with E-state index in [9.17, 15) is 14.4 Å². The van der Waals surface area contributed by atoms with E-state index in [1.54, 1.807) is 31.4 Å². The predicted octanol–water partition coefficient (Wildman–Crippen LogP) is 2.82. The number of amides is 3. The van der Waals surface area contributed by atoms with E-state index < -0.39 is 11.9 Å². The van der Waals surface area contributed by atoms with Gasteiger partial charge in [0.1, 0.15) is 11.8 Å². The molecule has 0 saturated carbocycles. The molecule has 2 rings (SSSR count). The van der Waals surface area contributed by atoms with Crippen LogP contribution in [0.15, 0.2) is 42.5 Å². The van der Waals surface area contributed by atoms with Gasteiger partial charge in [0.25, 0.3) is 5.91 Å². The van der Waals surface area contributed by atoms with E-state index in [2.05, 4.69) is 16.0 Å². The summed E-state index contributed by atoms with van der Waals surface area (Å²) in [6.07, 6.45) is 0. The average molecular weight is 412 g/mol. The molecule has 0 fully saturated rings. The van der Waals surface area contributed by atoms with Gasteiger partial charge < -0.3 is 20.7 Å². The largest absolute Gasteiger partial charge is 0.497 e. The molecule has 0 aliphatic heterocycles. The molecule has 0 aliphatic rings. The second kappa shape index (κ2) is 10.4. The van der Waals surface area contributed by atoms with Gasteiger partial charge in [-0.1, -0.05) is 32.0 Å². The summed E-state index contributed by atoms with van der Waals surface area (Å²) in [5, 5.41) is 8.18. The Kier molecular flexibility index (Phi) is 7.98. The van der Waals surface area contributed by atoms with Crippen molar-refractivity contribution in [3.8, 4) is 5.75 Å². The number of carbonyl (C=O) groups is 3. The molecule has 3 amide bonds. The molecule has 0 radical (unpaired) electrons. The monoisotopic (exact) mass is 411 g/mol. The van der Waals surface area contributed by atoms with Crippen LogP contribution in [0.3, 0.4) is 0 Å². The lowest BCUT2D eigenvalue weighted by molar-refractivity contribution is -0.126. The molecule has 0 bridgehead atoms. The molecule has 160 valence electrons. The number of aryl methyl sites for hydroxylation is 2. The minimum Gasteiger partial charge on any atom is -0.497 e. The fraction of sp³-hybridized carbons (Fsp3) is 0.348. The summed E-state index contributed by atoms with van der Waals surface area (Å²) in [6, 6.07) is 11.6. The van der Waals surface area contributed by atoms with Gasteiger partial charge >= 0.3 is 0 Å². The number of carbonyl (C=O) groups excluding carboxylic acids is 3. The normalized spacial score (nSPS) is 11.5. The van der Waals surface area contributed by atoms with Crippen molar-refractivity contribution in [2.45, 2.75) is 33.7 Å². The van der Waals surface area contributed by atoms with Gasteiger partial charge in [-0.05, 0) is 55.2 Å². The zero-order valence-corrected chi connectivity index (χ0v) is 18.0. The Morgan fingerprint density at radius 1 is 0.967 bits per heavy atom. The molecule has 7 nitrogen and oxygen atoms in total. The molecule has 0 heterocycles. The molecule has 30 heavy (non-hydrogen) atoms. The molecule has 0 aliphatic carbocycles. The van der Waals surface area contributed by atoms with Gasteiger partial charge in [-0.15, -0.1) is 0 Å². The number of benzene rings is 2. The first-order chi connectivity index (χ1) is 14.2. The number of hydrogen-bond acceptors (Lipinski definition) is 4. The summed E-state index contributed by atoms with van der Waals surface area (Å²) in [5.41, 5.74) is 3.05. The lowest BCUT2D eigenvalue weighted by atomic mass is 10.0. The Hall–Kier alpha value is -3.35. The Labute approximate surface area is 177 Å². The van der Waals surface area contributed by atoms with Crippen molar-refractivity contribution in [3.63, 3.8) is 0 Å². The van der Waals surface area contributed by atoms with Crippen molar-refractivity contribution < 1.29 is 19.1 Å². The van der Waals surface area contributed by atoms with Crippen molar-refractivity contribution in [1.29, 1.82) is 0 Å². The SMILES string of the molecule is COc1ccc(C(=O)N[C@H](C(=O)NCC(=O)Nc2c(C)cccc2C)C(C)C)cc1. The van der Waals surface area contributed by atoms with Crippen LogP contribution in [0.1, 0.15) is 35.3 Å². The third-order valence-electron chi connectivity index (χ3n) is 4.76. The summed E-state index contributed by atoms with van der Waals surface area (Å²) in [7, 11) is 1.55. The third-order valence-corrected chi connectivity index (χ3v) is 4.76. The van der Waals surface area contributed by atoms with E-state index >= 15 is 0 Å². The lowest BCUT2D eigenvalue weighted by Gasteiger charge is -2.22. The quantitative estimate of drug-likeness (QED) is 0.622. The number of hydrogen-bond donors (Lipinski definition) is 3. The van der Waals surface area contributed by atoms with Crippen LogP contribution >= 0.6 is 0 Å². The maximum absolute atomic E-state index is 12.6. The summed E-state index contributed by atoms with van der Waals surface area (Å²) < 4.78 is 5.08. The van der Waals surface area contributed by atoms with Gasteiger partial charge in [0.15, 0.2) is 0 Å². The van der Waals surface area contributed by atoms with Gasteiger partial charge in [-0.3, -0.25) is 14.4 Å². The first kappa shape index (κ1) is 22.9. The van der Waals surface area contributed by atoms with Gasteiger partial charge in [-0.2, -0.15) is 0 Å². The Bertz CT molecular complexity index is 887. The third kappa shape index (κ3) is 6.07. The molecule has 3 N–H and O–H groups in total. The molecule has 0 spiro atoms. The van der Waals surface area contributed by atoms with E-state index in [0.29, 0.717) is 11.3 Å². The smallest absolute Gasteiger partial charge is 0.251 e. The summed E-state index contributed by atoms with van der Waals surface area (Å²) in [4.78, 5) is 37.4. The van der Waals surface area contributed by atoms with Crippen LogP contribution in [0, 0.1) is 19.8 Å². The molecule has 2 aromatic rings. The van der Waals surface area contributed by atoms with Gasteiger partial charge in [0.2, 0.25) is 11.8 Å². The highest BCUT2D eigenvalue weighted by Crippen LogP contribution is 2.19. The van der Waals surface area contributed by atoms with Crippen LogP contribution in [0.4, 0.5) is 5.69 Å². The lowest BCUT2D eigenvalue weighted by Crippen LogP contribution is -2.51. The summed E-state index contributed by atoms with van der Waals surface area (Å²) in [5.74, 6) is -0.631. The second-order valence-corrected chi connectivity index (χ2v) is 7.46. The topological polar surface area (TPSA) is 96.5 Å². The second-order valence-electron chi connectivity index (χ2n) is 7.46. The number of para-hydroxylation sites is 1. The van der Waals surface area contributed by atoms with E-state index in [1.807, 2.05) is 45.9 Å². The Morgan fingerprint density at radius 2 is 1.57 bits per heavy atom. The van der Waals surface area contributed by atoms with Crippen molar-refractivity contribution in [3.05, 3.63) is 59.2 Å². The van der Waals surface area contributed by atoms with E-state index in [-0.39, 0.29) is 24.3 Å². The van der Waals surface area contributed by atoms with Crippen molar-refractivity contribution in [2.24, 2.45) is 5.92 Å². The predicted molar refractivity (Wildman–Crippen MR) is 117 cm³/mol. The highest BCUT2D eigenvalue weighted by Gasteiger charge is 2.25. The number of methoxy groups -OCH3 is 1. The van der Waals surface area contributed by atoms with Crippen LogP contribution in [-0.2, 0) is 9.59 Å². The highest BCUT2D eigenvalue weighted by atomic mass is 16.5. The van der Waals surface area contributed by atoms with E-state index in [0.717, 1.165) is 16.8 Å². The fourth-order valence-corrected chi connectivity index (χ4v) is 2.97. The number of anilines is 1. The van der Waals surface area contributed by atoms with Crippen molar-refractivity contribution >= 4 is 23.4 Å². The van der Waals surface area contributed by atoms with Crippen LogP contribution < -0.4 is 20.7 Å². The summed E-state index contributed by atoms with van der Waals surface area (Å²) >= 11 is 0. The maximum atomic E-state index is 12.6. The minimum absolute atomic E-state index is 0.158. The van der Waals surface area contributed by atoms with Crippen molar-refractivity contribution in [1.82, 2.24) is 10.6 Å². The zero-order valence-electron chi connectivity index (χ0n) is 18.0. The number of rotatable bonds is 8. The number of nitrogens with one attached hydrogen (secondary N) is 3. The van der Waals surface area contributed by atoms with E-state index in [1.165, 1.54) is 0 Å². The highest BCUT2D eigenvalue weighted by molar-refractivity contribution is 5.99. The van der Waals surface area contributed by atoms with Crippen LogP contribution in [0.2, 0.25) is 0 Å². The van der Waals surface area contributed by atoms with Gasteiger partial charge in [0.05, 0.1) is 13.7 Å². The zero-order chi connectivity index (χ0) is 22.3. The van der Waals surface area contributed by atoms with E-state index in [4.69, 9.17) is 4.74 Å². The van der Waals surface area contributed by atoms with Crippen molar-refractivity contribution in [2.75, 3.05) is 19.0 Å².